The first-order chi connectivity index (χ1) is 13.0. The minimum absolute atomic E-state index is 0.00535. The molecule has 4 aliphatic rings. The van der Waals surface area contributed by atoms with E-state index in [2.05, 4.69) is 43.4 Å². The van der Waals surface area contributed by atoms with Crippen LogP contribution in [-0.2, 0) is 14.3 Å². The molecule has 0 radical (unpaired) electrons. The van der Waals surface area contributed by atoms with E-state index in [0.29, 0.717) is 18.4 Å². The Bertz CT molecular complexity index is 716. The van der Waals surface area contributed by atoms with Gasteiger partial charge in [-0.05, 0) is 55.9 Å². The standard InChI is InChI=1S/C23H31NO3/c1-15(16-7-4-3-5-8-16)24-13-18-17-11-20-22(2,12-19(17)27-21(18)25)9-6-10-23(20)14-26-23/h3-5,7-8,15,17-20,24H,6,9-14H2,1-2H3/t15-,17-,18+,19+,20-,22+,23+/m0/s1. The minimum Gasteiger partial charge on any atom is -0.462 e. The first kappa shape index (κ1) is 17.7. The fourth-order valence-corrected chi connectivity index (χ4v) is 6.35. The van der Waals surface area contributed by atoms with Gasteiger partial charge in [-0.15, -0.1) is 0 Å². The van der Waals surface area contributed by atoms with Crippen molar-refractivity contribution >= 4 is 5.97 Å². The van der Waals surface area contributed by atoms with Crippen molar-refractivity contribution in [3.63, 3.8) is 0 Å². The molecule has 2 heterocycles. The second-order valence-corrected chi connectivity index (χ2v) is 9.64. The molecule has 146 valence electrons. The zero-order chi connectivity index (χ0) is 18.6. The van der Waals surface area contributed by atoms with Gasteiger partial charge in [0.25, 0.3) is 0 Å². The molecule has 0 unspecified atom stereocenters. The summed E-state index contributed by atoms with van der Waals surface area (Å²) in [7, 11) is 0. The molecular formula is C23H31NO3. The summed E-state index contributed by atoms with van der Waals surface area (Å²) in [5.74, 6) is 0.906. The van der Waals surface area contributed by atoms with Crippen LogP contribution in [0.5, 0.6) is 0 Å². The Labute approximate surface area is 162 Å². The monoisotopic (exact) mass is 369 g/mol. The van der Waals surface area contributed by atoms with E-state index in [1.54, 1.807) is 0 Å². The predicted molar refractivity (Wildman–Crippen MR) is 103 cm³/mol. The summed E-state index contributed by atoms with van der Waals surface area (Å²) in [5.41, 5.74) is 1.66. The van der Waals surface area contributed by atoms with E-state index < -0.39 is 0 Å². The Balaban J connectivity index is 1.30. The number of benzene rings is 1. The van der Waals surface area contributed by atoms with E-state index in [1.807, 2.05) is 6.07 Å². The maximum Gasteiger partial charge on any atom is 0.310 e. The van der Waals surface area contributed by atoms with Crippen LogP contribution in [0, 0.1) is 23.2 Å². The van der Waals surface area contributed by atoms with Gasteiger partial charge in [-0.2, -0.15) is 0 Å². The van der Waals surface area contributed by atoms with Gasteiger partial charge in [0.2, 0.25) is 0 Å². The van der Waals surface area contributed by atoms with Crippen LogP contribution in [0.4, 0.5) is 0 Å². The number of rotatable bonds is 4. The third-order valence-electron chi connectivity index (χ3n) is 8.02. The summed E-state index contributed by atoms with van der Waals surface area (Å²) >= 11 is 0. The molecule has 0 aromatic heterocycles. The summed E-state index contributed by atoms with van der Waals surface area (Å²) in [4.78, 5) is 12.7. The van der Waals surface area contributed by atoms with Crippen molar-refractivity contribution < 1.29 is 14.3 Å². The number of nitrogens with one attached hydrogen (secondary N) is 1. The fraction of sp³-hybridized carbons (Fsp3) is 0.696. The van der Waals surface area contributed by atoms with Crippen LogP contribution in [0.3, 0.4) is 0 Å². The molecule has 0 amide bonds. The SMILES string of the molecule is C[C@H](NC[C@H]1C(=O)O[C@@H]2C[C@@]3(C)CCC[C@@]4(CO4)[C@H]3C[C@H]21)c1ccccc1. The summed E-state index contributed by atoms with van der Waals surface area (Å²) < 4.78 is 11.9. The highest BCUT2D eigenvalue weighted by molar-refractivity contribution is 5.75. The first-order valence-corrected chi connectivity index (χ1v) is 10.6. The van der Waals surface area contributed by atoms with Gasteiger partial charge in [0.1, 0.15) is 6.10 Å². The molecule has 7 atom stereocenters. The van der Waals surface area contributed by atoms with Gasteiger partial charge in [0.05, 0.1) is 18.1 Å². The normalized spacial score (nSPS) is 43.7. The first-order valence-electron chi connectivity index (χ1n) is 10.6. The van der Waals surface area contributed by atoms with Crippen molar-refractivity contribution in [1.29, 1.82) is 0 Å². The van der Waals surface area contributed by atoms with E-state index in [-0.39, 0.29) is 35.0 Å². The lowest BCUT2D eigenvalue weighted by atomic mass is 9.53. The van der Waals surface area contributed by atoms with Gasteiger partial charge in [-0.1, -0.05) is 37.3 Å². The van der Waals surface area contributed by atoms with E-state index in [9.17, 15) is 4.79 Å². The van der Waals surface area contributed by atoms with Gasteiger partial charge >= 0.3 is 5.97 Å². The van der Waals surface area contributed by atoms with Crippen LogP contribution >= 0.6 is 0 Å². The molecule has 2 aliphatic heterocycles. The van der Waals surface area contributed by atoms with Gasteiger partial charge in [0, 0.05) is 18.5 Å². The molecule has 27 heavy (non-hydrogen) atoms. The Morgan fingerprint density at radius 3 is 2.78 bits per heavy atom. The molecule has 4 fully saturated rings. The number of hydrogen-bond acceptors (Lipinski definition) is 4. The highest BCUT2D eigenvalue weighted by Gasteiger charge is 2.64. The fourth-order valence-electron chi connectivity index (χ4n) is 6.35. The molecule has 2 aliphatic carbocycles. The largest absolute Gasteiger partial charge is 0.462 e. The van der Waals surface area contributed by atoms with Crippen molar-refractivity contribution in [1.82, 2.24) is 5.32 Å². The number of hydrogen-bond donors (Lipinski definition) is 1. The van der Waals surface area contributed by atoms with E-state index >= 15 is 0 Å². The van der Waals surface area contributed by atoms with Crippen molar-refractivity contribution in [3.05, 3.63) is 35.9 Å². The zero-order valence-corrected chi connectivity index (χ0v) is 16.4. The van der Waals surface area contributed by atoms with Gasteiger partial charge in [0.15, 0.2) is 0 Å². The van der Waals surface area contributed by atoms with Gasteiger partial charge in [-0.3, -0.25) is 4.79 Å². The molecule has 2 saturated carbocycles. The number of fused-ring (bicyclic) bond motifs is 3. The lowest BCUT2D eigenvalue weighted by Crippen LogP contribution is -2.51. The second kappa shape index (κ2) is 6.31. The topological polar surface area (TPSA) is 50.9 Å². The molecule has 4 heteroatoms. The number of carbonyl (C=O) groups is 1. The number of ether oxygens (including phenoxy) is 2. The molecular weight excluding hydrogens is 338 g/mol. The van der Waals surface area contributed by atoms with Crippen LogP contribution < -0.4 is 5.32 Å². The summed E-state index contributed by atoms with van der Waals surface area (Å²) in [6, 6.07) is 10.7. The molecule has 4 nitrogen and oxygen atoms in total. The molecule has 5 rings (SSSR count). The van der Waals surface area contributed by atoms with Crippen molar-refractivity contribution in [2.45, 2.75) is 63.7 Å². The molecule has 0 bridgehead atoms. The van der Waals surface area contributed by atoms with E-state index in [1.165, 1.54) is 24.8 Å². The summed E-state index contributed by atoms with van der Waals surface area (Å²) in [5, 5.41) is 3.59. The van der Waals surface area contributed by atoms with Crippen LogP contribution in [-0.4, -0.2) is 30.8 Å². The number of esters is 1. The predicted octanol–water partition coefficient (Wildman–Crippen LogP) is 3.86. The summed E-state index contributed by atoms with van der Waals surface area (Å²) in [6.45, 7) is 6.20. The van der Waals surface area contributed by atoms with E-state index in [4.69, 9.17) is 9.47 Å². The van der Waals surface area contributed by atoms with Crippen LogP contribution in [0.2, 0.25) is 0 Å². The van der Waals surface area contributed by atoms with E-state index in [0.717, 1.165) is 19.4 Å². The number of epoxide rings is 1. The van der Waals surface area contributed by atoms with Crippen LogP contribution in [0.25, 0.3) is 0 Å². The maximum atomic E-state index is 12.7. The molecule has 1 N–H and O–H groups in total. The third kappa shape index (κ3) is 2.92. The smallest absolute Gasteiger partial charge is 0.310 e. The molecule has 1 aromatic rings. The van der Waals surface area contributed by atoms with Crippen molar-refractivity contribution in [3.8, 4) is 0 Å². The van der Waals surface area contributed by atoms with Crippen molar-refractivity contribution in [2.24, 2.45) is 23.2 Å². The minimum atomic E-state index is -0.0246. The molecule has 1 aromatic carbocycles. The van der Waals surface area contributed by atoms with Crippen molar-refractivity contribution in [2.75, 3.05) is 13.2 Å². The lowest BCUT2D eigenvalue weighted by Gasteiger charge is -2.51. The van der Waals surface area contributed by atoms with Crippen LogP contribution in [0.15, 0.2) is 30.3 Å². The van der Waals surface area contributed by atoms with Crippen LogP contribution in [0.1, 0.15) is 57.6 Å². The second-order valence-electron chi connectivity index (χ2n) is 9.64. The average Bonchev–Trinajstić information content (AvgIpc) is 3.36. The zero-order valence-electron chi connectivity index (χ0n) is 16.4. The number of carbonyl (C=O) groups excluding carboxylic acids is 1. The average molecular weight is 370 g/mol. The highest BCUT2D eigenvalue weighted by Crippen LogP contribution is 2.62. The Hall–Kier alpha value is -1.39. The Kier molecular flexibility index (Phi) is 4.14. The summed E-state index contributed by atoms with van der Waals surface area (Å²) in [6.07, 6.45) is 5.90. The Morgan fingerprint density at radius 2 is 2.04 bits per heavy atom. The third-order valence-corrected chi connectivity index (χ3v) is 8.02. The Morgan fingerprint density at radius 1 is 1.26 bits per heavy atom. The highest BCUT2D eigenvalue weighted by atomic mass is 16.6. The lowest BCUT2D eigenvalue weighted by molar-refractivity contribution is -0.147. The molecule has 1 spiro atoms. The maximum absolute atomic E-state index is 12.7. The van der Waals surface area contributed by atoms with Gasteiger partial charge < -0.3 is 14.8 Å². The van der Waals surface area contributed by atoms with Gasteiger partial charge in [-0.25, -0.2) is 0 Å². The quantitative estimate of drug-likeness (QED) is 0.647. The molecule has 2 saturated heterocycles.